The molecule has 0 amide bonds. The molecule has 0 aromatic rings. The Balaban J connectivity index is 3.06. The van der Waals surface area contributed by atoms with E-state index in [0.717, 1.165) is 19.3 Å². The maximum atomic E-state index is 9.40. The van der Waals surface area contributed by atoms with E-state index >= 15 is 0 Å². The quantitative estimate of drug-likeness (QED) is 0.459. The molecule has 0 aliphatic carbocycles. The Morgan fingerprint density at radius 3 is 2.25 bits per heavy atom. The number of allylic oxidation sites excluding steroid dienone is 1. The van der Waals surface area contributed by atoms with Crippen molar-refractivity contribution >= 4 is 0 Å². The zero-order valence-electron chi connectivity index (χ0n) is 8.47. The normalized spacial score (nSPS) is 11.6. The van der Waals surface area contributed by atoms with Crippen LogP contribution in [0.25, 0.3) is 0 Å². The van der Waals surface area contributed by atoms with Gasteiger partial charge in [0, 0.05) is 0 Å². The SMILES string of the molecule is C=CCCCCCCC(C)(C)O. The largest absolute Gasteiger partial charge is 0.390 e. The molecule has 0 aromatic carbocycles. The maximum Gasteiger partial charge on any atom is 0.0591 e. The van der Waals surface area contributed by atoms with E-state index in [1.807, 2.05) is 19.9 Å². The second kappa shape index (κ2) is 6.24. The van der Waals surface area contributed by atoms with Gasteiger partial charge in [0.05, 0.1) is 5.60 Å². The summed E-state index contributed by atoms with van der Waals surface area (Å²) in [5.74, 6) is 0. The molecule has 0 fully saturated rings. The number of aliphatic hydroxyl groups is 1. The Hall–Kier alpha value is -0.300. The highest BCUT2D eigenvalue weighted by molar-refractivity contribution is 4.67. The van der Waals surface area contributed by atoms with Gasteiger partial charge in [-0.25, -0.2) is 0 Å². The Bertz CT molecular complexity index is 111. The zero-order valence-corrected chi connectivity index (χ0v) is 8.47. The number of hydrogen-bond acceptors (Lipinski definition) is 1. The summed E-state index contributed by atoms with van der Waals surface area (Å²) in [6.07, 6.45) is 8.90. The van der Waals surface area contributed by atoms with Gasteiger partial charge in [-0.3, -0.25) is 0 Å². The average molecular weight is 170 g/mol. The third-order valence-electron chi connectivity index (χ3n) is 1.95. The van der Waals surface area contributed by atoms with Crippen molar-refractivity contribution < 1.29 is 5.11 Å². The summed E-state index contributed by atoms with van der Waals surface area (Å²) in [6.45, 7) is 7.42. The van der Waals surface area contributed by atoms with Gasteiger partial charge in [0.1, 0.15) is 0 Å². The van der Waals surface area contributed by atoms with Crippen LogP contribution in [0.5, 0.6) is 0 Å². The van der Waals surface area contributed by atoms with Crippen molar-refractivity contribution in [2.45, 2.75) is 58.0 Å². The van der Waals surface area contributed by atoms with E-state index in [4.69, 9.17) is 0 Å². The molecule has 0 heterocycles. The van der Waals surface area contributed by atoms with Crippen LogP contribution in [0.1, 0.15) is 52.4 Å². The molecule has 1 N–H and O–H groups in total. The van der Waals surface area contributed by atoms with Crippen molar-refractivity contribution in [2.75, 3.05) is 0 Å². The van der Waals surface area contributed by atoms with Crippen LogP contribution in [0, 0.1) is 0 Å². The van der Waals surface area contributed by atoms with Crippen molar-refractivity contribution in [3.8, 4) is 0 Å². The van der Waals surface area contributed by atoms with Gasteiger partial charge in [0.2, 0.25) is 0 Å². The van der Waals surface area contributed by atoms with Crippen LogP contribution in [0.15, 0.2) is 12.7 Å². The number of rotatable bonds is 7. The van der Waals surface area contributed by atoms with Crippen molar-refractivity contribution in [3.05, 3.63) is 12.7 Å². The zero-order chi connectivity index (χ0) is 9.45. The molecule has 12 heavy (non-hydrogen) atoms. The Labute approximate surface area is 76.5 Å². The standard InChI is InChI=1S/C11H22O/c1-4-5-6-7-8-9-10-11(2,3)12/h4,12H,1,5-10H2,2-3H3. The van der Waals surface area contributed by atoms with E-state index in [1.54, 1.807) is 0 Å². The van der Waals surface area contributed by atoms with Crippen LogP contribution in [-0.2, 0) is 0 Å². The molecule has 1 nitrogen and oxygen atoms in total. The van der Waals surface area contributed by atoms with Crippen molar-refractivity contribution in [1.29, 1.82) is 0 Å². The fourth-order valence-corrected chi connectivity index (χ4v) is 1.20. The molecule has 0 spiro atoms. The predicted octanol–water partition coefficient (Wildman–Crippen LogP) is 3.28. The molecule has 72 valence electrons. The maximum absolute atomic E-state index is 9.40. The summed E-state index contributed by atoms with van der Waals surface area (Å²) in [5.41, 5.74) is -0.474. The number of unbranched alkanes of at least 4 members (excludes halogenated alkanes) is 4. The van der Waals surface area contributed by atoms with Gasteiger partial charge in [-0.1, -0.05) is 25.3 Å². The molecule has 0 bridgehead atoms. The van der Waals surface area contributed by atoms with Crippen LogP contribution >= 0.6 is 0 Å². The van der Waals surface area contributed by atoms with Gasteiger partial charge in [-0.15, -0.1) is 6.58 Å². The van der Waals surface area contributed by atoms with Gasteiger partial charge in [0.15, 0.2) is 0 Å². The minimum atomic E-state index is -0.474. The summed E-state index contributed by atoms with van der Waals surface area (Å²) in [4.78, 5) is 0. The third-order valence-corrected chi connectivity index (χ3v) is 1.95. The fourth-order valence-electron chi connectivity index (χ4n) is 1.20. The molecule has 0 aliphatic rings. The highest BCUT2D eigenvalue weighted by Gasteiger charge is 2.10. The van der Waals surface area contributed by atoms with Crippen LogP contribution in [0.3, 0.4) is 0 Å². The smallest absolute Gasteiger partial charge is 0.0591 e. The molecule has 0 rings (SSSR count). The summed E-state index contributed by atoms with van der Waals surface area (Å²) in [6, 6.07) is 0. The monoisotopic (exact) mass is 170 g/mol. The molecular formula is C11H22O. The van der Waals surface area contributed by atoms with Crippen molar-refractivity contribution in [2.24, 2.45) is 0 Å². The first-order chi connectivity index (χ1) is 5.56. The summed E-state index contributed by atoms with van der Waals surface area (Å²) in [5, 5.41) is 9.40. The summed E-state index contributed by atoms with van der Waals surface area (Å²) in [7, 11) is 0. The summed E-state index contributed by atoms with van der Waals surface area (Å²) < 4.78 is 0. The molecule has 0 aromatic heterocycles. The van der Waals surface area contributed by atoms with E-state index in [-0.39, 0.29) is 0 Å². The molecular weight excluding hydrogens is 148 g/mol. The van der Waals surface area contributed by atoms with Crippen LogP contribution < -0.4 is 0 Å². The molecule has 0 saturated carbocycles. The van der Waals surface area contributed by atoms with Gasteiger partial charge in [-0.2, -0.15) is 0 Å². The van der Waals surface area contributed by atoms with Crippen LogP contribution in [-0.4, -0.2) is 10.7 Å². The topological polar surface area (TPSA) is 20.2 Å². The lowest BCUT2D eigenvalue weighted by molar-refractivity contribution is 0.0680. The molecule has 0 saturated heterocycles. The second-order valence-electron chi connectivity index (χ2n) is 4.05. The third kappa shape index (κ3) is 9.70. The Morgan fingerprint density at radius 1 is 1.17 bits per heavy atom. The molecule has 1 heteroatoms. The molecule has 0 radical (unpaired) electrons. The van der Waals surface area contributed by atoms with Gasteiger partial charge in [-0.05, 0) is 33.1 Å². The minimum absolute atomic E-state index is 0.474. The van der Waals surface area contributed by atoms with Gasteiger partial charge in [0.25, 0.3) is 0 Å². The first kappa shape index (κ1) is 11.7. The predicted molar refractivity (Wildman–Crippen MR) is 54.2 cm³/mol. The first-order valence-corrected chi connectivity index (χ1v) is 4.89. The van der Waals surface area contributed by atoms with Gasteiger partial charge >= 0.3 is 0 Å². The van der Waals surface area contributed by atoms with E-state index in [0.29, 0.717) is 0 Å². The first-order valence-electron chi connectivity index (χ1n) is 4.89. The summed E-state index contributed by atoms with van der Waals surface area (Å²) >= 11 is 0. The second-order valence-corrected chi connectivity index (χ2v) is 4.05. The van der Waals surface area contributed by atoms with E-state index < -0.39 is 5.60 Å². The highest BCUT2D eigenvalue weighted by atomic mass is 16.3. The lowest BCUT2D eigenvalue weighted by Gasteiger charge is -2.16. The average Bonchev–Trinajstić information content (AvgIpc) is 1.94. The van der Waals surface area contributed by atoms with Crippen molar-refractivity contribution in [3.63, 3.8) is 0 Å². The van der Waals surface area contributed by atoms with Crippen molar-refractivity contribution in [1.82, 2.24) is 0 Å². The molecule has 0 aliphatic heterocycles. The Kier molecular flexibility index (Phi) is 6.09. The Morgan fingerprint density at radius 2 is 1.75 bits per heavy atom. The highest BCUT2D eigenvalue weighted by Crippen LogP contribution is 2.14. The number of hydrogen-bond donors (Lipinski definition) is 1. The molecule has 0 atom stereocenters. The van der Waals surface area contributed by atoms with E-state index in [2.05, 4.69) is 6.58 Å². The van der Waals surface area contributed by atoms with Crippen LogP contribution in [0.4, 0.5) is 0 Å². The lowest BCUT2D eigenvalue weighted by Crippen LogP contribution is -2.17. The van der Waals surface area contributed by atoms with Crippen LogP contribution in [0.2, 0.25) is 0 Å². The fraction of sp³-hybridized carbons (Fsp3) is 0.818. The van der Waals surface area contributed by atoms with E-state index in [1.165, 1.54) is 19.3 Å². The van der Waals surface area contributed by atoms with E-state index in [9.17, 15) is 5.11 Å². The van der Waals surface area contributed by atoms with Gasteiger partial charge < -0.3 is 5.11 Å². The minimum Gasteiger partial charge on any atom is -0.390 e. The molecule has 0 unspecified atom stereocenters. The lowest BCUT2D eigenvalue weighted by atomic mass is 10.00.